The lowest BCUT2D eigenvalue weighted by atomic mass is 10.1. The average Bonchev–Trinajstić information content (AvgIpc) is 2.86. The van der Waals surface area contributed by atoms with E-state index in [0.717, 1.165) is 11.0 Å². The zero-order chi connectivity index (χ0) is 15.6. The monoisotopic (exact) mass is 290 g/mol. The predicted octanol–water partition coefficient (Wildman–Crippen LogP) is 1.22. The number of amides is 1. The molecule has 1 amide bonds. The zero-order valence-corrected chi connectivity index (χ0v) is 12.5. The van der Waals surface area contributed by atoms with E-state index in [-0.39, 0.29) is 18.5 Å². The Labute approximate surface area is 122 Å². The summed E-state index contributed by atoms with van der Waals surface area (Å²) in [5.74, 6) is -0.854. The van der Waals surface area contributed by atoms with Gasteiger partial charge in [0.1, 0.15) is 6.54 Å². The predicted molar refractivity (Wildman–Crippen MR) is 77.0 cm³/mol. The molecule has 7 heteroatoms. The second-order valence-electron chi connectivity index (χ2n) is 4.98. The molecule has 2 aromatic rings. The Bertz CT molecular complexity index is 691. The van der Waals surface area contributed by atoms with Gasteiger partial charge in [0.2, 0.25) is 0 Å². The van der Waals surface area contributed by atoms with Crippen molar-refractivity contribution in [2.45, 2.75) is 26.8 Å². The molecule has 0 atom stereocenters. The van der Waals surface area contributed by atoms with Gasteiger partial charge < -0.3 is 10.1 Å². The number of nitrogens with one attached hydrogen (secondary N) is 1. The summed E-state index contributed by atoms with van der Waals surface area (Å²) in [6.07, 6.45) is 1.68. The normalized spacial score (nSPS) is 10.9. The molecule has 0 saturated carbocycles. The molecule has 0 aliphatic carbocycles. The molecule has 0 spiro atoms. The third-order valence-electron chi connectivity index (χ3n) is 3.11. The van der Waals surface area contributed by atoms with Crippen molar-refractivity contribution in [1.29, 1.82) is 0 Å². The highest BCUT2D eigenvalue weighted by molar-refractivity contribution is 5.99. The number of ether oxygens (including phenoxy) is 1. The summed E-state index contributed by atoms with van der Waals surface area (Å²) in [4.78, 5) is 27.6. The van der Waals surface area contributed by atoms with Gasteiger partial charge in [-0.25, -0.2) is 9.67 Å². The molecular formula is C14H18N4O3. The smallest absolute Gasteiger partial charge is 0.325 e. The van der Waals surface area contributed by atoms with Crippen molar-refractivity contribution < 1.29 is 14.3 Å². The number of carbonyl (C=O) groups is 2. The minimum absolute atomic E-state index is 0.169. The molecule has 0 fully saturated rings. The number of fused-ring (bicyclic) bond motifs is 1. The molecule has 2 aromatic heterocycles. The number of pyridine rings is 1. The second kappa shape index (κ2) is 5.90. The van der Waals surface area contributed by atoms with Gasteiger partial charge in [-0.1, -0.05) is 0 Å². The van der Waals surface area contributed by atoms with Crippen molar-refractivity contribution in [2.75, 3.05) is 13.7 Å². The summed E-state index contributed by atoms with van der Waals surface area (Å²) in [5.41, 5.74) is 1.76. The number of nitrogens with zero attached hydrogens (tertiary/aromatic N) is 3. The van der Waals surface area contributed by atoms with Crippen molar-refractivity contribution in [3.8, 4) is 0 Å². The van der Waals surface area contributed by atoms with Crippen molar-refractivity contribution in [1.82, 2.24) is 20.1 Å². The SMILES string of the molecule is COC(=O)CNC(=O)c1cc2cnn(C(C)C)c2nc1C. The molecule has 0 bridgehead atoms. The standard InChI is InChI=1S/C14H18N4O3/c1-8(2)18-13-10(6-16-18)5-11(9(3)17-13)14(20)15-7-12(19)21-4/h5-6,8H,7H2,1-4H3,(H,15,20). The van der Waals surface area contributed by atoms with Crippen LogP contribution < -0.4 is 5.32 Å². The highest BCUT2D eigenvalue weighted by Crippen LogP contribution is 2.19. The third kappa shape index (κ3) is 3.01. The van der Waals surface area contributed by atoms with Gasteiger partial charge in [-0.3, -0.25) is 9.59 Å². The molecule has 0 aromatic carbocycles. The zero-order valence-electron chi connectivity index (χ0n) is 12.5. The number of esters is 1. The number of methoxy groups -OCH3 is 1. The van der Waals surface area contributed by atoms with Crippen molar-refractivity contribution in [3.05, 3.63) is 23.5 Å². The fraction of sp³-hybridized carbons (Fsp3) is 0.429. The number of rotatable bonds is 4. The fourth-order valence-electron chi connectivity index (χ4n) is 1.99. The first-order chi connectivity index (χ1) is 9.93. The Morgan fingerprint density at radius 2 is 2.14 bits per heavy atom. The average molecular weight is 290 g/mol. The van der Waals surface area contributed by atoms with Crippen LogP contribution >= 0.6 is 0 Å². The molecule has 112 valence electrons. The molecule has 2 rings (SSSR count). The highest BCUT2D eigenvalue weighted by Gasteiger charge is 2.15. The molecule has 21 heavy (non-hydrogen) atoms. The summed E-state index contributed by atoms with van der Waals surface area (Å²) < 4.78 is 6.29. The Balaban J connectivity index is 2.31. The van der Waals surface area contributed by atoms with Crippen molar-refractivity contribution >= 4 is 22.9 Å². The lowest BCUT2D eigenvalue weighted by Crippen LogP contribution is -2.30. The Kier molecular flexibility index (Phi) is 4.21. The van der Waals surface area contributed by atoms with Gasteiger partial charge in [0.15, 0.2) is 5.65 Å². The van der Waals surface area contributed by atoms with Crippen LogP contribution in [-0.4, -0.2) is 40.3 Å². The first-order valence-corrected chi connectivity index (χ1v) is 6.64. The fourth-order valence-corrected chi connectivity index (χ4v) is 1.99. The van der Waals surface area contributed by atoms with E-state index in [9.17, 15) is 9.59 Å². The minimum atomic E-state index is -0.498. The number of aromatic nitrogens is 3. The van der Waals surface area contributed by atoms with Gasteiger partial charge in [0.25, 0.3) is 5.91 Å². The van der Waals surface area contributed by atoms with E-state index in [0.29, 0.717) is 11.3 Å². The van der Waals surface area contributed by atoms with Crippen molar-refractivity contribution in [2.24, 2.45) is 0 Å². The number of carbonyl (C=O) groups excluding carboxylic acids is 2. The van der Waals surface area contributed by atoms with Gasteiger partial charge in [-0.2, -0.15) is 5.10 Å². The van der Waals surface area contributed by atoms with Gasteiger partial charge in [0, 0.05) is 11.4 Å². The molecule has 0 aliphatic heterocycles. The van der Waals surface area contributed by atoms with Crippen LogP contribution in [0.25, 0.3) is 11.0 Å². The molecule has 0 saturated heterocycles. The van der Waals surface area contributed by atoms with Crippen LogP contribution in [-0.2, 0) is 9.53 Å². The molecule has 2 heterocycles. The van der Waals surface area contributed by atoms with Crippen LogP contribution in [0.15, 0.2) is 12.3 Å². The maximum absolute atomic E-state index is 12.1. The first-order valence-electron chi connectivity index (χ1n) is 6.64. The maximum Gasteiger partial charge on any atom is 0.325 e. The van der Waals surface area contributed by atoms with Crippen LogP contribution in [0.1, 0.15) is 35.9 Å². The third-order valence-corrected chi connectivity index (χ3v) is 3.11. The Morgan fingerprint density at radius 3 is 2.76 bits per heavy atom. The van der Waals surface area contributed by atoms with Gasteiger partial charge in [0.05, 0.1) is 24.6 Å². The number of aryl methyl sites for hydroxylation is 1. The van der Waals surface area contributed by atoms with E-state index in [1.54, 1.807) is 23.9 Å². The summed E-state index contributed by atoms with van der Waals surface area (Å²) >= 11 is 0. The quantitative estimate of drug-likeness (QED) is 0.856. The lowest BCUT2D eigenvalue weighted by Gasteiger charge is -2.09. The van der Waals surface area contributed by atoms with Crippen LogP contribution in [0.5, 0.6) is 0 Å². The van der Waals surface area contributed by atoms with E-state index in [4.69, 9.17) is 0 Å². The van der Waals surface area contributed by atoms with E-state index in [2.05, 4.69) is 20.1 Å². The maximum atomic E-state index is 12.1. The second-order valence-corrected chi connectivity index (χ2v) is 4.98. The van der Waals surface area contributed by atoms with E-state index in [1.165, 1.54) is 7.11 Å². The first kappa shape index (κ1) is 15.0. The van der Waals surface area contributed by atoms with Crippen LogP contribution in [0.2, 0.25) is 0 Å². The Morgan fingerprint density at radius 1 is 1.43 bits per heavy atom. The molecule has 0 aliphatic rings. The lowest BCUT2D eigenvalue weighted by molar-refractivity contribution is -0.139. The van der Waals surface area contributed by atoms with Gasteiger partial charge in [-0.15, -0.1) is 0 Å². The van der Waals surface area contributed by atoms with E-state index in [1.807, 2.05) is 13.8 Å². The topological polar surface area (TPSA) is 86.1 Å². The van der Waals surface area contributed by atoms with Crippen LogP contribution in [0.4, 0.5) is 0 Å². The van der Waals surface area contributed by atoms with E-state index < -0.39 is 5.97 Å². The number of hydrogen-bond donors (Lipinski definition) is 1. The van der Waals surface area contributed by atoms with Crippen molar-refractivity contribution in [3.63, 3.8) is 0 Å². The number of hydrogen-bond acceptors (Lipinski definition) is 5. The molecular weight excluding hydrogens is 272 g/mol. The summed E-state index contributed by atoms with van der Waals surface area (Å²) in [6.45, 7) is 5.61. The highest BCUT2D eigenvalue weighted by atomic mass is 16.5. The van der Waals surface area contributed by atoms with E-state index >= 15 is 0 Å². The molecule has 1 N–H and O–H groups in total. The van der Waals surface area contributed by atoms with Crippen LogP contribution in [0, 0.1) is 6.92 Å². The summed E-state index contributed by atoms with van der Waals surface area (Å²) in [5, 5.41) is 7.57. The van der Waals surface area contributed by atoms with Crippen LogP contribution in [0.3, 0.4) is 0 Å². The molecule has 7 nitrogen and oxygen atoms in total. The minimum Gasteiger partial charge on any atom is -0.468 e. The summed E-state index contributed by atoms with van der Waals surface area (Å²) in [6, 6.07) is 1.92. The largest absolute Gasteiger partial charge is 0.468 e. The molecule has 0 radical (unpaired) electrons. The Hall–Kier alpha value is -2.44. The molecule has 0 unspecified atom stereocenters. The van der Waals surface area contributed by atoms with Gasteiger partial charge >= 0.3 is 5.97 Å². The summed E-state index contributed by atoms with van der Waals surface area (Å²) in [7, 11) is 1.27. The van der Waals surface area contributed by atoms with Gasteiger partial charge in [-0.05, 0) is 26.8 Å².